The van der Waals surface area contributed by atoms with Crippen molar-refractivity contribution >= 4 is 5.91 Å². The van der Waals surface area contributed by atoms with E-state index in [1.165, 1.54) is 0 Å². The molecular weight excluding hydrogens is 286 g/mol. The summed E-state index contributed by atoms with van der Waals surface area (Å²) >= 11 is 0. The Morgan fingerprint density at radius 1 is 1.00 bits per heavy atom. The number of carbonyl (C=O) groups is 1. The van der Waals surface area contributed by atoms with Crippen LogP contribution < -0.4 is 0 Å². The van der Waals surface area contributed by atoms with Gasteiger partial charge in [-0.25, -0.2) is 0 Å². The molecule has 3 heteroatoms. The fraction of sp³-hybridized carbons (Fsp3) is 0.650. The molecule has 0 saturated carbocycles. The van der Waals surface area contributed by atoms with E-state index in [1.54, 1.807) is 12.1 Å². The third-order valence-electron chi connectivity index (χ3n) is 5.47. The lowest BCUT2D eigenvalue weighted by Gasteiger charge is -2.55. The van der Waals surface area contributed by atoms with Crippen molar-refractivity contribution < 1.29 is 9.90 Å². The summed E-state index contributed by atoms with van der Waals surface area (Å²) in [5.41, 5.74) is 0.268. The highest BCUT2D eigenvalue weighted by Crippen LogP contribution is 2.55. The molecule has 0 atom stereocenters. The minimum atomic E-state index is -0.489. The summed E-state index contributed by atoms with van der Waals surface area (Å²) in [6, 6.07) is 7.29. The maximum atomic E-state index is 13.5. The van der Waals surface area contributed by atoms with Gasteiger partial charge in [0.2, 0.25) is 5.91 Å². The Labute approximate surface area is 140 Å². The van der Waals surface area contributed by atoms with Crippen molar-refractivity contribution in [3.63, 3.8) is 0 Å². The lowest BCUT2D eigenvalue weighted by atomic mass is 9.51. The molecule has 1 saturated heterocycles. The summed E-state index contributed by atoms with van der Waals surface area (Å²) < 4.78 is 0. The lowest BCUT2D eigenvalue weighted by Crippen LogP contribution is -2.61. The van der Waals surface area contributed by atoms with E-state index in [0.717, 1.165) is 25.1 Å². The van der Waals surface area contributed by atoms with Crippen LogP contribution in [0.2, 0.25) is 0 Å². The van der Waals surface area contributed by atoms with Crippen LogP contribution in [-0.4, -0.2) is 29.0 Å². The first kappa shape index (κ1) is 17.8. The minimum Gasteiger partial charge on any atom is -0.508 e. The molecule has 1 heterocycles. The van der Waals surface area contributed by atoms with E-state index in [0.29, 0.717) is 6.42 Å². The number of amides is 1. The fourth-order valence-corrected chi connectivity index (χ4v) is 4.08. The van der Waals surface area contributed by atoms with Crippen LogP contribution in [0.25, 0.3) is 0 Å². The zero-order valence-corrected chi connectivity index (χ0v) is 15.4. The maximum absolute atomic E-state index is 13.5. The molecule has 0 bridgehead atoms. The van der Waals surface area contributed by atoms with Crippen LogP contribution in [0.3, 0.4) is 0 Å². The van der Waals surface area contributed by atoms with Gasteiger partial charge >= 0.3 is 0 Å². The Morgan fingerprint density at radius 2 is 1.48 bits per heavy atom. The van der Waals surface area contributed by atoms with Crippen LogP contribution in [0.15, 0.2) is 24.3 Å². The van der Waals surface area contributed by atoms with Gasteiger partial charge in [0.05, 0.1) is 5.41 Å². The van der Waals surface area contributed by atoms with Crippen molar-refractivity contribution in [2.24, 2.45) is 16.2 Å². The molecule has 0 spiro atoms. The maximum Gasteiger partial charge on any atom is 0.230 e. The van der Waals surface area contributed by atoms with Gasteiger partial charge in [-0.1, -0.05) is 53.7 Å². The molecule has 0 radical (unpaired) electrons. The number of nitrogens with zero attached hydrogens (tertiary/aromatic N) is 1. The molecule has 1 aliphatic rings. The summed E-state index contributed by atoms with van der Waals surface area (Å²) in [5, 5.41) is 9.54. The van der Waals surface area contributed by atoms with E-state index in [2.05, 4.69) is 41.5 Å². The van der Waals surface area contributed by atoms with Gasteiger partial charge in [0, 0.05) is 13.1 Å². The Balaban J connectivity index is 2.52. The second-order valence-corrected chi connectivity index (χ2v) is 8.89. The van der Waals surface area contributed by atoms with Crippen molar-refractivity contribution in [1.29, 1.82) is 0 Å². The van der Waals surface area contributed by atoms with Crippen molar-refractivity contribution in [2.45, 2.75) is 54.4 Å². The van der Waals surface area contributed by atoms with Crippen LogP contribution >= 0.6 is 0 Å². The molecule has 1 aromatic carbocycles. The Kier molecular flexibility index (Phi) is 4.53. The third-order valence-corrected chi connectivity index (χ3v) is 5.47. The number of phenolic OH excluding ortho intramolecular Hbond substituents is 1. The van der Waals surface area contributed by atoms with Crippen molar-refractivity contribution in [3.8, 4) is 5.75 Å². The molecule has 1 fully saturated rings. The van der Waals surface area contributed by atoms with Crippen LogP contribution in [0.4, 0.5) is 0 Å². The van der Waals surface area contributed by atoms with Crippen LogP contribution in [0.5, 0.6) is 5.75 Å². The van der Waals surface area contributed by atoms with Crippen molar-refractivity contribution in [2.75, 3.05) is 13.1 Å². The largest absolute Gasteiger partial charge is 0.508 e. The third kappa shape index (κ3) is 3.11. The van der Waals surface area contributed by atoms with E-state index < -0.39 is 5.41 Å². The zero-order valence-electron chi connectivity index (χ0n) is 15.4. The minimum absolute atomic E-state index is 0.171. The van der Waals surface area contributed by atoms with E-state index in [4.69, 9.17) is 0 Å². The van der Waals surface area contributed by atoms with Gasteiger partial charge in [-0.05, 0) is 41.4 Å². The second kappa shape index (κ2) is 5.85. The summed E-state index contributed by atoms with van der Waals surface area (Å²) in [4.78, 5) is 15.5. The smallest absolute Gasteiger partial charge is 0.230 e. The average molecular weight is 317 g/mol. The molecule has 0 aromatic heterocycles. The van der Waals surface area contributed by atoms with E-state index in [1.807, 2.05) is 17.0 Å². The quantitative estimate of drug-likeness (QED) is 0.905. The molecule has 0 unspecified atom stereocenters. The normalized spacial score (nSPS) is 16.2. The SMILES string of the molecule is CC(C)(C)C(Cc1ccc(O)cc1)(C(=O)N1CCC1)C(C)(C)C. The van der Waals surface area contributed by atoms with Gasteiger partial charge in [0.1, 0.15) is 5.75 Å². The molecule has 23 heavy (non-hydrogen) atoms. The first-order valence-corrected chi connectivity index (χ1v) is 8.56. The second-order valence-electron chi connectivity index (χ2n) is 8.89. The first-order valence-electron chi connectivity index (χ1n) is 8.56. The Morgan fingerprint density at radius 3 is 1.83 bits per heavy atom. The molecule has 0 aliphatic carbocycles. The monoisotopic (exact) mass is 317 g/mol. The number of hydrogen-bond donors (Lipinski definition) is 1. The molecule has 3 nitrogen and oxygen atoms in total. The number of hydrogen-bond acceptors (Lipinski definition) is 2. The summed E-state index contributed by atoms with van der Waals surface area (Å²) in [6.07, 6.45) is 1.80. The number of phenols is 1. The number of rotatable bonds is 3. The fourth-order valence-electron chi connectivity index (χ4n) is 4.08. The van der Waals surface area contributed by atoms with Gasteiger partial charge in [-0.2, -0.15) is 0 Å². The van der Waals surface area contributed by atoms with Gasteiger partial charge in [-0.15, -0.1) is 0 Å². The molecular formula is C20H31NO2. The van der Waals surface area contributed by atoms with Gasteiger partial charge < -0.3 is 10.0 Å². The number of aromatic hydroxyl groups is 1. The zero-order chi connectivity index (χ0) is 17.5. The van der Waals surface area contributed by atoms with Gasteiger partial charge in [-0.3, -0.25) is 4.79 Å². The van der Waals surface area contributed by atoms with Gasteiger partial charge in [0.15, 0.2) is 0 Å². The molecule has 2 rings (SSSR count). The highest BCUT2D eigenvalue weighted by molar-refractivity contribution is 5.85. The predicted octanol–water partition coefficient (Wildman–Crippen LogP) is 4.25. The van der Waals surface area contributed by atoms with Crippen molar-refractivity contribution in [1.82, 2.24) is 4.90 Å². The lowest BCUT2D eigenvalue weighted by molar-refractivity contribution is -0.165. The molecule has 1 aromatic rings. The Bertz CT molecular complexity index is 543. The average Bonchev–Trinajstić information content (AvgIpc) is 2.32. The van der Waals surface area contributed by atoms with E-state index in [-0.39, 0.29) is 22.5 Å². The van der Waals surface area contributed by atoms with E-state index >= 15 is 0 Å². The summed E-state index contributed by atoms with van der Waals surface area (Å²) in [7, 11) is 0. The number of likely N-dealkylation sites (tertiary alicyclic amines) is 1. The highest BCUT2D eigenvalue weighted by Gasteiger charge is 2.57. The first-order chi connectivity index (χ1) is 10.5. The molecule has 1 aliphatic heterocycles. The van der Waals surface area contributed by atoms with Crippen LogP contribution in [-0.2, 0) is 11.2 Å². The number of benzene rings is 1. The molecule has 1 amide bonds. The molecule has 128 valence electrons. The van der Waals surface area contributed by atoms with Crippen LogP contribution in [0, 0.1) is 16.2 Å². The highest BCUT2D eigenvalue weighted by atomic mass is 16.3. The number of carbonyl (C=O) groups excluding carboxylic acids is 1. The van der Waals surface area contributed by atoms with E-state index in [9.17, 15) is 9.90 Å². The predicted molar refractivity (Wildman–Crippen MR) is 94.4 cm³/mol. The summed E-state index contributed by atoms with van der Waals surface area (Å²) in [5.74, 6) is 0.539. The van der Waals surface area contributed by atoms with Gasteiger partial charge in [0.25, 0.3) is 0 Å². The standard InChI is InChI=1S/C20H31NO2/c1-18(2,3)20(19(4,5)6,17(23)21-12-7-13-21)14-15-8-10-16(22)11-9-15/h8-11,22H,7,12-14H2,1-6H3. The molecule has 1 N–H and O–H groups in total. The summed E-state index contributed by atoms with van der Waals surface area (Å²) in [6.45, 7) is 14.8. The van der Waals surface area contributed by atoms with Crippen molar-refractivity contribution in [3.05, 3.63) is 29.8 Å². The topological polar surface area (TPSA) is 40.5 Å². The van der Waals surface area contributed by atoms with Crippen LogP contribution in [0.1, 0.15) is 53.5 Å². The Hall–Kier alpha value is -1.51.